The summed E-state index contributed by atoms with van der Waals surface area (Å²) in [6.07, 6.45) is 0. The third-order valence-corrected chi connectivity index (χ3v) is 3.55. The smallest absolute Gasteiger partial charge is 0.105 e. The van der Waals surface area contributed by atoms with Crippen LogP contribution in [0.4, 0.5) is 0 Å². The molecule has 0 radical (unpaired) electrons. The zero-order valence-electron chi connectivity index (χ0n) is 8.23. The van der Waals surface area contributed by atoms with Crippen LogP contribution in [0.5, 0.6) is 0 Å². The summed E-state index contributed by atoms with van der Waals surface area (Å²) in [4.78, 5) is 0. The van der Waals surface area contributed by atoms with Gasteiger partial charge in [0.15, 0.2) is 0 Å². The quantitative estimate of drug-likeness (QED) is 0.557. The van der Waals surface area contributed by atoms with E-state index in [1.807, 2.05) is 0 Å². The van der Waals surface area contributed by atoms with Crippen LogP contribution in [0.25, 0.3) is 0 Å². The monoisotopic (exact) mass is 159 g/mol. The van der Waals surface area contributed by atoms with Crippen molar-refractivity contribution in [3.63, 3.8) is 0 Å². The second kappa shape index (κ2) is 3.53. The van der Waals surface area contributed by atoms with Crippen LogP contribution in [0.2, 0.25) is 13.1 Å². The molecule has 0 spiro atoms. The molecule has 0 heterocycles. The molecule has 0 aromatic carbocycles. The van der Waals surface area contributed by atoms with Crippen LogP contribution in [-0.4, -0.2) is 27.1 Å². The molecule has 0 fully saturated rings. The van der Waals surface area contributed by atoms with Gasteiger partial charge in [-0.1, -0.05) is 33.9 Å². The lowest BCUT2D eigenvalue weighted by molar-refractivity contribution is 0.313. The number of nitrogens with zero attached hydrogens (tertiary/aromatic N) is 1. The fourth-order valence-electron chi connectivity index (χ4n) is 0.931. The second-order valence-electron chi connectivity index (χ2n) is 4.57. The molecule has 0 aromatic rings. The van der Waals surface area contributed by atoms with Crippen molar-refractivity contribution in [1.82, 2.24) is 4.57 Å². The zero-order valence-corrected chi connectivity index (χ0v) is 9.39. The van der Waals surface area contributed by atoms with Crippen molar-refractivity contribution in [3.8, 4) is 0 Å². The lowest BCUT2D eigenvalue weighted by Gasteiger charge is -2.28. The molecular weight excluding hydrogens is 138 g/mol. The molecule has 0 amide bonds. The molecule has 0 saturated carbocycles. The molecule has 1 nitrogen and oxygen atoms in total. The molecule has 10 heavy (non-hydrogen) atoms. The second-order valence-corrected chi connectivity index (χ2v) is 7.64. The average Bonchev–Trinajstić information content (AvgIpc) is 1.60. The first-order chi connectivity index (χ1) is 4.33. The average molecular weight is 159 g/mol. The molecule has 0 aliphatic heterocycles. The highest BCUT2D eigenvalue weighted by Gasteiger charge is 2.14. The van der Waals surface area contributed by atoms with Gasteiger partial charge in [0.25, 0.3) is 0 Å². The summed E-state index contributed by atoms with van der Waals surface area (Å²) in [5.74, 6) is 0. The summed E-state index contributed by atoms with van der Waals surface area (Å²) in [5, 5.41) is 0. The van der Waals surface area contributed by atoms with Gasteiger partial charge in [0.05, 0.1) is 0 Å². The Hall–Kier alpha value is 0.177. The van der Waals surface area contributed by atoms with Crippen LogP contribution in [-0.2, 0) is 0 Å². The first kappa shape index (κ1) is 10.2. The standard InChI is InChI=1S/C8H21NSi/c1-8(2,3)7-9(4)10(5)6/h10H,7H2,1-6H3. The topological polar surface area (TPSA) is 3.24 Å². The van der Waals surface area contributed by atoms with Gasteiger partial charge in [-0.15, -0.1) is 0 Å². The molecule has 62 valence electrons. The molecule has 0 bridgehead atoms. The van der Waals surface area contributed by atoms with Gasteiger partial charge < -0.3 is 4.57 Å². The first-order valence-electron chi connectivity index (χ1n) is 4.03. The van der Waals surface area contributed by atoms with Crippen LogP contribution < -0.4 is 0 Å². The summed E-state index contributed by atoms with van der Waals surface area (Å²) in [7, 11) is 1.71. The van der Waals surface area contributed by atoms with Gasteiger partial charge in [-0.05, 0) is 19.0 Å². The Balaban J connectivity index is 3.68. The fourth-order valence-corrected chi connectivity index (χ4v) is 1.84. The number of hydrogen-bond acceptors (Lipinski definition) is 1. The molecule has 0 aliphatic carbocycles. The van der Waals surface area contributed by atoms with E-state index in [1.165, 1.54) is 6.54 Å². The van der Waals surface area contributed by atoms with Crippen molar-refractivity contribution < 1.29 is 0 Å². The van der Waals surface area contributed by atoms with E-state index in [2.05, 4.69) is 45.5 Å². The third-order valence-electron chi connectivity index (χ3n) is 1.61. The maximum atomic E-state index is 2.51. The molecular formula is C8H21NSi. The third kappa shape index (κ3) is 5.00. The molecule has 0 rings (SSSR count). The summed E-state index contributed by atoms with van der Waals surface area (Å²) < 4.78 is 2.51. The van der Waals surface area contributed by atoms with Gasteiger partial charge in [0, 0.05) is 0 Å². The normalized spacial score (nSPS) is 13.2. The Morgan fingerprint density at radius 3 is 1.70 bits per heavy atom. The molecule has 0 N–H and O–H groups in total. The summed E-state index contributed by atoms with van der Waals surface area (Å²) in [6.45, 7) is 12.8. The Labute approximate surface area is 67.1 Å². The van der Waals surface area contributed by atoms with Crippen LogP contribution >= 0.6 is 0 Å². The van der Waals surface area contributed by atoms with Gasteiger partial charge in [-0.25, -0.2) is 0 Å². The Morgan fingerprint density at radius 1 is 1.20 bits per heavy atom. The molecule has 0 aromatic heterocycles. The molecule has 2 heteroatoms. The van der Waals surface area contributed by atoms with Crippen LogP contribution in [0.3, 0.4) is 0 Å². The summed E-state index contributed by atoms with van der Waals surface area (Å²) in [5.41, 5.74) is 0.464. The van der Waals surface area contributed by atoms with Gasteiger partial charge in [0.1, 0.15) is 8.96 Å². The van der Waals surface area contributed by atoms with E-state index < -0.39 is 8.96 Å². The van der Waals surface area contributed by atoms with Gasteiger partial charge >= 0.3 is 0 Å². The van der Waals surface area contributed by atoms with E-state index in [0.29, 0.717) is 5.41 Å². The van der Waals surface area contributed by atoms with Crippen molar-refractivity contribution in [1.29, 1.82) is 0 Å². The van der Waals surface area contributed by atoms with Gasteiger partial charge in [-0.2, -0.15) is 0 Å². The SMILES string of the molecule is CN(CC(C)(C)C)[SiH](C)C. The maximum Gasteiger partial charge on any atom is 0.105 e. The van der Waals surface area contributed by atoms with Crippen molar-refractivity contribution in [2.75, 3.05) is 13.6 Å². The number of rotatable bonds is 2. The fraction of sp³-hybridized carbons (Fsp3) is 1.00. The molecule has 0 saturated heterocycles. The molecule has 0 aliphatic rings. The molecule has 0 atom stereocenters. The van der Waals surface area contributed by atoms with Crippen LogP contribution in [0.15, 0.2) is 0 Å². The predicted molar refractivity (Wildman–Crippen MR) is 51.0 cm³/mol. The highest BCUT2D eigenvalue weighted by molar-refractivity contribution is 6.52. The van der Waals surface area contributed by atoms with Crippen LogP contribution in [0.1, 0.15) is 20.8 Å². The largest absolute Gasteiger partial charge is 0.329 e. The van der Waals surface area contributed by atoms with Crippen molar-refractivity contribution in [2.45, 2.75) is 33.9 Å². The highest BCUT2D eigenvalue weighted by Crippen LogP contribution is 2.14. The van der Waals surface area contributed by atoms with E-state index in [9.17, 15) is 0 Å². The van der Waals surface area contributed by atoms with Crippen molar-refractivity contribution in [3.05, 3.63) is 0 Å². The minimum Gasteiger partial charge on any atom is -0.329 e. The van der Waals surface area contributed by atoms with E-state index >= 15 is 0 Å². The van der Waals surface area contributed by atoms with Crippen molar-refractivity contribution in [2.24, 2.45) is 5.41 Å². The highest BCUT2D eigenvalue weighted by atomic mass is 28.3. The molecule has 0 unspecified atom stereocenters. The van der Waals surface area contributed by atoms with E-state index in [0.717, 1.165) is 0 Å². The van der Waals surface area contributed by atoms with E-state index in [-0.39, 0.29) is 0 Å². The van der Waals surface area contributed by atoms with E-state index in [4.69, 9.17) is 0 Å². The maximum absolute atomic E-state index is 2.51. The van der Waals surface area contributed by atoms with Gasteiger partial charge in [0.2, 0.25) is 0 Å². The summed E-state index contributed by atoms with van der Waals surface area (Å²) in [6, 6.07) is 0. The Morgan fingerprint density at radius 2 is 1.60 bits per heavy atom. The first-order valence-corrected chi connectivity index (χ1v) is 6.86. The Bertz CT molecular complexity index is 93.9. The minimum absolute atomic E-state index is 0.464. The number of hydrogen-bond donors (Lipinski definition) is 0. The Kier molecular flexibility index (Phi) is 3.60. The van der Waals surface area contributed by atoms with Gasteiger partial charge in [-0.3, -0.25) is 0 Å². The summed E-state index contributed by atoms with van der Waals surface area (Å²) >= 11 is 0. The zero-order chi connectivity index (χ0) is 8.36. The minimum atomic E-state index is -0.531. The predicted octanol–water partition coefficient (Wildman–Crippen LogP) is 1.95. The lowest BCUT2D eigenvalue weighted by atomic mass is 9.97. The van der Waals surface area contributed by atoms with Crippen LogP contribution in [0, 0.1) is 5.41 Å². The lowest BCUT2D eigenvalue weighted by Crippen LogP contribution is -2.37. The van der Waals surface area contributed by atoms with Crippen molar-refractivity contribution >= 4 is 8.96 Å². The van der Waals surface area contributed by atoms with E-state index in [1.54, 1.807) is 0 Å².